The van der Waals surface area contributed by atoms with Gasteiger partial charge >= 0.3 is 6.18 Å². The van der Waals surface area contributed by atoms with Crippen LogP contribution in [0.2, 0.25) is 0 Å². The first-order valence-corrected chi connectivity index (χ1v) is 6.99. The van der Waals surface area contributed by atoms with Crippen LogP contribution in [0.5, 0.6) is 0 Å². The largest absolute Gasteiger partial charge is 0.416 e. The smallest absolute Gasteiger partial charge is 0.298 e. The van der Waals surface area contributed by atoms with Crippen molar-refractivity contribution in [3.63, 3.8) is 0 Å². The first-order chi connectivity index (χ1) is 9.45. The average Bonchev–Trinajstić information content (AvgIpc) is 2.45. The Hall–Kier alpha value is -1.75. The molecular formula is C15H11F3OS. The fourth-order valence-electron chi connectivity index (χ4n) is 1.87. The summed E-state index contributed by atoms with van der Waals surface area (Å²) in [5.41, 5.74) is 0.445. The van der Waals surface area contributed by atoms with E-state index in [9.17, 15) is 18.0 Å². The van der Waals surface area contributed by atoms with Crippen LogP contribution in [-0.4, -0.2) is 12.5 Å². The van der Waals surface area contributed by atoms with Crippen molar-refractivity contribution < 1.29 is 18.0 Å². The fourth-order valence-corrected chi connectivity index (χ4v) is 2.28. The summed E-state index contributed by atoms with van der Waals surface area (Å²) in [5.74, 6) is 0. The molecule has 0 N–H and O–H groups in total. The highest BCUT2D eigenvalue weighted by Gasteiger charge is 2.31. The van der Waals surface area contributed by atoms with E-state index in [2.05, 4.69) is 0 Å². The highest BCUT2D eigenvalue weighted by molar-refractivity contribution is 7.98. The van der Waals surface area contributed by atoms with Gasteiger partial charge in [0, 0.05) is 10.5 Å². The van der Waals surface area contributed by atoms with Gasteiger partial charge in [-0.3, -0.25) is 4.79 Å². The maximum absolute atomic E-state index is 12.6. The maximum Gasteiger partial charge on any atom is 0.416 e. The van der Waals surface area contributed by atoms with E-state index in [1.165, 1.54) is 6.07 Å². The molecule has 0 aliphatic heterocycles. The number of benzene rings is 2. The zero-order valence-corrected chi connectivity index (χ0v) is 11.4. The fraction of sp³-hybridized carbons (Fsp3) is 0.133. The van der Waals surface area contributed by atoms with Crippen LogP contribution in [-0.2, 0) is 6.18 Å². The lowest BCUT2D eigenvalue weighted by molar-refractivity contribution is -0.137. The molecule has 0 saturated carbocycles. The van der Waals surface area contributed by atoms with Gasteiger partial charge in [0.1, 0.15) is 0 Å². The number of rotatable bonds is 3. The molecule has 0 aliphatic carbocycles. The zero-order valence-electron chi connectivity index (χ0n) is 10.6. The molecule has 2 rings (SSSR count). The molecule has 0 aromatic heterocycles. The molecule has 0 atom stereocenters. The summed E-state index contributed by atoms with van der Waals surface area (Å²) in [4.78, 5) is 12.1. The van der Waals surface area contributed by atoms with Gasteiger partial charge in [-0.25, -0.2) is 0 Å². The lowest BCUT2D eigenvalue weighted by Gasteiger charge is -2.11. The van der Waals surface area contributed by atoms with E-state index in [-0.39, 0.29) is 5.56 Å². The number of aldehydes is 1. The van der Waals surface area contributed by atoms with Gasteiger partial charge in [0.25, 0.3) is 0 Å². The van der Waals surface area contributed by atoms with Gasteiger partial charge in [0.2, 0.25) is 0 Å². The molecule has 0 aliphatic rings. The van der Waals surface area contributed by atoms with Crippen LogP contribution in [0.3, 0.4) is 0 Å². The first kappa shape index (κ1) is 14.7. The minimum atomic E-state index is -4.45. The van der Waals surface area contributed by atoms with Crippen LogP contribution >= 0.6 is 11.8 Å². The lowest BCUT2D eigenvalue weighted by atomic mass is 9.98. The van der Waals surface area contributed by atoms with Crippen molar-refractivity contribution >= 4 is 18.0 Å². The molecule has 2 aromatic carbocycles. The van der Waals surface area contributed by atoms with Gasteiger partial charge in [-0.1, -0.05) is 18.2 Å². The number of hydrogen-bond donors (Lipinski definition) is 0. The molecule has 2 aromatic rings. The number of alkyl halides is 3. The van der Waals surface area contributed by atoms with Crippen molar-refractivity contribution in [2.45, 2.75) is 11.1 Å². The molecule has 0 fully saturated rings. The van der Waals surface area contributed by atoms with Crippen LogP contribution in [0.15, 0.2) is 47.4 Å². The standard InChI is InChI=1S/C15H11F3OS/c1-20-13-5-2-10(3-6-13)14-7-4-12(15(16,17)18)8-11(14)9-19/h2-9H,1H3. The summed E-state index contributed by atoms with van der Waals surface area (Å²) in [5, 5.41) is 0. The third-order valence-corrected chi connectivity index (χ3v) is 3.65. The van der Waals surface area contributed by atoms with Crippen molar-refractivity contribution in [2.24, 2.45) is 0 Å². The Labute approximate surface area is 118 Å². The van der Waals surface area contributed by atoms with Crippen LogP contribution in [0.4, 0.5) is 13.2 Å². The van der Waals surface area contributed by atoms with Crippen molar-refractivity contribution in [1.82, 2.24) is 0 Å². The minimum absolute atomic E-state index is 0.0386. The minimum Gasteiger partial charge on any atom is -0.298 e. The Morgan fingerprint density at radius 2 is 1.70 bits per heavy atom. The van der Waals surface area contributed by atoms with E-state index in [1.54, 1.807) is 23.9 Å². The van der Waals surface area contributed by atoms with E-state index in [1.807, 2.05) is 18.4 Å². The summed E-state index contributed by atoms with van der Waals surface area (Å²) >= 11 is 1.57. The topological polar surface area (TPSA) is 17.1 Å². The first-order valence-electron chi connectivity index (χ1n) is 5.76. The highest BCUT2D eigenvalue weighted by atomic mass is 32.2. The average molecular weight is 296 g/mol. The SMILES string of the molecule is CSc1ccc(-c2ccc(C(F)(F)F)cc2C=O)cc1. The summed E-state index contributed by atoms with van der Waals surface area (Å²) in [7, 11) is 0. The number of carbonyl (C=O) groups is 1. The molecule has 0 radical (unpaired) electrons. The monoisotopic (exact) mass is 296 g/mol. The number of hydrogen-bond acceptors (Lipinski definition) is 2. The van der Waals surface area contributed by atoms with Gasteiger partial charge in [0.15, 0.2) is 6.29 Å². The van der Waals surface area contributed by atoms with Crippen molar-refractivity contribution in [3.05, 3.63) is 53.6 Å². The highest BCUT2D eigenvalue weighted by Crippen LogP contribution is 2.33. The molecule has 0 bridgehead atoms. The normalized spacial score (nSPS) is 11.4. The van der Waals surface area contributed by atoms with Gasteiger partial charge in [-0.2, -0.15) is 13.2 Å². The van der Waals surface area contributed by atoms with Gasteiger partial charge in [0.05, 0.1) is 5.56 Å². The predicted octanol–water partition coefficient (Wildman–Crippen LogP) is 4.91. The molecule has 5 heteroatoms. The Kier molecular flexibility index (Phi) is 4.18. The van der Waals surface area contributed by atoms with Crippen molar-refractivity contribution in [3.8, 4) is 11.1 Å². The second-order valence-electron chi connectivity index (χ2n) is 4.15. The molecular weight excluding hydrogens is 285 g/mol. The van der Waals surface area contributed by atoms with Crippen molar-refractivity contribution in [1.29, 1.82) is 0 Å². The van der Waals surface area contributed by atoms with Gasteiger partial charge in [-0.05, 0) is 41.6 Å². The van der Waals surface area contributed by atoms with Gasteiger partial charge < -0.3 is 0 Å². The Balaban J connectivity index is 2.48. The second-order valence-corrected chi connectivity index (χ2v) is 5.03. The number of halogens is 3. The summed E-state index contributed by atoms with van der Waals surface area (Å²) < 4.78 is 37.9. The molecule has 0 amide bonds. The quantitative estimate of drug-likeness (QED) is 0.591. The summed E-state index contributed by atoms with van der Waals surface area (Å²) in [6.07, 6.45) is -2.06. The number of carbonyl (C=O) groups excluding carboxylic acids is 1. The van der Waals surface area contributed by atoms with E-state index < -0.39 is 11.7 Å². The van der Waals surface area contributed by atoms with E-state index in [0.29, 0.717) is 11.8 Å². The summed E-state index contributed by atoms with van der Waals surface area (Å²) in [6, 6.07) is 10.5. The van der Waals surface area contributed by atoms with Crippen LogP contribution in [0.1, 0.15) is 15.9 Å². The third kappa shape index (κ3) is 3.04. The maximum atomic E-state index is 12.6. The Bertz CT molecular complexity index is 618. The second kappa shape index (κ2) is 5.71. The van der Waals surface area contributed by atoms with Gasteiger partial charge in [-0.15, -0.1) is 11.8 Å². The lowest BCUT2D eigenvalue weighted by Crippen LogP contribution is -2.05. The Morgan fingerprint density at radius 3 is 2.20 bits per heavy atom. The molecule has 104 valence electrons. The molecule has 0 unspecified atom stereocenters. The molecule has 1 nitrogen and oxygen atoms in total. The van der Waals surface area contributed by atoms with Crippen LogP contribution in [0.25, 0.3) is 11.1 Å². The third-order valence-electron chi connectivity index (χ3n) is 2.91. The van der Waals surface area contributed by atoms with E-state index >= 15 is 0 Å². The van der Waals surface area contributed by atoms with Crippen LogP contribution < -0.4 is 0 Å². The summed E-state index contributed by atoms with van der Waals surface area (Å²) in [6.45, 7) is 0. The molecule has 0 saturated heterocycles. The van der Waals surface area contributed by atoms with Crippen molar-refractivity contribution in [2.75, 3.05) is 6.26 Å². The number of thioether (sulfide) groups is 1. The van der Waals surface area contributed by atoms with Crippen LogP contribution in [0, 0.1) is 0 Å². The van der Waals surface area contributed by atoms with E-state index in [0.717, 1.165) is 22.6 Å². The van der Waals surface area contributed by atoms with E-state index in [4.69, 9.17) is 0 Å². The molecule has 0 heterocycles. The molecule has 0 spiro atoms. The zero-order chi connectivity index (χ0) is 14.8. The molecule has 20 heavy (non-hydrogen) atoms. The predicted molar refractivity (Wildman–Crippen MR) is 74.0 cm³/mol. The Morgan fingerprint density at radius 1 is 1.05 bits per heavy atom.